The van der Waals surface area contributed by atoms with Crippen LogP contribution in [0.1, 0.15) is 168 Å². The molecule has 0 bridgehead atoms. The summed E-state index contributed by atoms with van der Waals surface area (Å²) in [6.45, 7) is 4.10. The van der Waals surface area contributed by atoms with Crippen LogP contribution in [0.5, 0.6) is 0 Å². The van der Waals surface area contributed by atoms with Gasteiger partial charge in [-0.25, -0.2) is 4.57 Å². The minimum Gasteiger partial charge on any atom is -0.462 e. The quantitative estimate of drug-likeness (QED) is 0.0211. The van der Waals surface area contributed by atoms with Gasteiger partial charge in [0.2, 0.25) is 0 Å². The van der Waals surface area contributed by atoms with Gasteiger partial charge < -0.3 is 18.9 Å². The van der Waals surface area contributed by atoms with Crippen LogP contribution >= 0.6 is 7.82 Å². The molecule has 384 valence electrons. The molecule has 2 unspecified atom stereocenters. The molecule has 0 spiro atoms. The van der Waals surface area contributed by atoms with Gasteiger partial charge in [0.05, 0.1) is 27.7 Å². The number of ether oxygens (including phenoxy) is 2. The number of likely N-dealkylation sites (N-methyl/N-ethyl adjacent to an activating group) is 1. The van der Waals surface area contributed by atoms with E-state index < -0.39 is 32.5 Å². The van der Waals surface area contributed by atoms with E-state index in [1.807, 2.05) is 21.1 Å². The number of hydrogen-bond acceptors (Lipinski definition) is 7. The van der Waals surface area contributed by atoms with E-state index in [0.717, 1.165) is 109 Å². The molecule has 1 N–H and O–H groups in total. The lowest BCUT2D eigenvalue weighted by Crippen LogP contribution is -2.37. The lowest BCUT2D eigenvalue weighted by atomic mass is 10.1. The predicted octanol–water partition coefficient (Wildman–Crippen LogP) is 15.8. The fourth-order valence-corrected chi connectivity index (χ4v) is 6.96. The average Bonchev–Trinajstić information content (AvgIpc) is 3.30. The first-order chi connectivity index (χ1) is 33.0. The Bertz CT molecular complexity index is 1610. The van der Waals surface area contributed by atoms with Crippen molar-refractivity contribution in [2.45, 2.75) is 174 Å². The van der Waals surface area contributed by atoms with Crippen molar-refractivity contribution < 1.29 is 42.1 Å². The van der Waals surface area contributed by atoms with Crippen LogP contribution in [0.25, 0.3) is 0 Å². The molecule has 0 heterocycles. The molecule has 10 heteroatoms. The topological polar surface area (TPSA) is 108 Å². The summed E-state index contributed by atoms with van der Waals surface area (Å²) in [6, 6.07) is 0. The molecule has 0 saturated heterocycles. The normalized spacial score (nSPS) is 14.5. The molecule has 0 aliphatic carbocycles. The highest BCUT2D eigenvalue weighted by atomic mass is 31.2. The Morgan fingerprint density at radius 2 is 0.794 bits per heavy atom. The van der Waals surface area contributed by atoms with Gasteiger partial charge in [0.25, 0.3) is 0 Å². The number of allylic oxidation sites excluding steroid dienone is 22. The fourth-order valence-electron chi connectivity index (χ4n) is 6.22. The lowest BCUT2D eigenvalue weighted by Gasteiger charge is -2.24. The van der Waals surface area contributed by atoms with Crippen LogP contribution in [0.4, 0.5) is 0 Å². The second-order valence-corrected chi connectivity index (χ2v) is 19.2. The molecule has 68 heavy (non-hydrogen) atoms. The number of quaternary nitrogens is 1. The summed E-state index contributed by atoms with van der Waals surface area (Å²) < 4.78 is 34.4. The van der Waals surface area contributed by atoms with Crippen molar-refractivity contribution in [2.24, 2.45) is 0 Å². The number of phosphoric ester groups is 1. The molecule has 0 radical (unpaired) electrons. The van der Waals surface area contributed by atoms with E-state index >= 15 is 0 Å². The Labute approximate surface area is 415 Å². The minimum atomic E-state index is -4.40. The van der Waals surface area contributed by atoms with E-state index in [0.29, 0.717) is 23.9 Å². The second kappa shape index (κ2) is 48.2. The van der Waals surface area contributed by atoms with Crippen LogP contribution in [0.3, 0.4) is 0 Å². The molecule has 0 aliphatic heterocycles. The number of carbonyl (C=O) groups is 2. The number of rotatable bonds is 45. The van der Waals surface area contributed by atoms with Crippen molar-refractivity contribution in [1.82, 2.24) is 0 Å². The number of hydrogen-bond donors (Lipinski definition) is 1. The van der Waals surface area contributed by atoms with E-state index in [-0.39, 0.29) is 26.1 Å². The van der Waals surface area contributed by atoms with E-state index in [2.05, 4.69) is 148 Å². The summed E-state index contributed by atoms with van der Waals surface area (Å²) >= 11 is 0. The Kier molecular flexibility index (Phi) is 45.5. The van der Waals surface area contributed by atoms with Crippen LogP contribution in [-0.4, -0.2) is 74.9 Å². The summed E-state index contributed by atoms with van der Waals surface area (Å²) in [5, 5.41) is 0. The smallest absolute Gasteiger partial charge is 0.462 e. The Morgan fingerprint density at radius 3 is 1.21 bits per heavy atom. The van der Waals surface area contributed by atoms with Crippen LogP contribution in [0.2, 0.25) is 0 Å². The molecular weight excluding hydrogens is 870 g/mol. The predicted molar refractivity (Wildman–Crippen MR) is 288 cm³/mol. The monoisotopic (exact) mass is 965 g/mol. The van der Waals surface area contributed by atoms with Gasteiger partial charge in [0.1, 0.15) is 19.8 Å². The van der Waals surface area contributed by atoms with Gasteiger partial charge in [0, 0.05) is 12.8 Å². The molecule has 9 nitrogen and oxygen atoms in total. The molecule has 0 aliphatic rings. The molecular formula is C58H95NO8P+. The minimum absolute atomic E-state index is 0.0143. The van der Waals surface area contributed by atoms with Gasteiger partial charge >= 0.3 is 19.8 Å². The van der Waals surface area contributed by atoms with Crippen molar-refractivity contribution in [2.75, 3.05) is 47.5 Å². The number of esters is 2. The van der Waals surface area contributed by atoms with E-state index in [1.54, 1.807) is 0 Å². The van der Waals surface area contributed by atoms with Gasteiger partial charge in [-0.1, -0.05) is 180 Å². The van der Waals surface area contributed by atoms with Crippen molar-refractivity contribution in [3.63, 3.8) is 0 Å². The highest BCUT2D eigenvalue weighted by Gasteiger charge is 2.27. The number of phosphoric acid groups is 1. The molecule has 0 fully saturated rings. The van der Waals surface area contributed by atoms with Crippen molar-refractivity contribution in [3.8, 4) is 0 Å². The Hall–Kier alpha value is -3.85. The molecule has 0 aromatic carbocycles. The lowest BCUT2D eigenvalue weighted by molar-refractivity contribution is -0.870. The summed E-state index contributed by atoms with van der Waals surface area (Å²) in [5.41, 5.74) is 0. The van der Waals surface area contributed by atoms with E-state index in [1.165, 1.54) is 19.3 Å². The van der Waals surface area contributed by atoms with E-state index in [9.17, 15) is 19.0 Å². The summed E-state index contributed by atoms with van der Waals surface area (Å²) in [5.74, 6) is -0.873. The van der Waals surface area contributed by atoms with Crippen LogP contribution in [0, 0.1) is 0 Å². The van der Waals surface area contributed by atoms with E-state index in [4.69, 9.17) is 18.5 Å². The Balaban J connectivity index is 4.32. The van der Waals surface area contributed by atoms with Crippen LogP contribution in [-0.2, 0) is 32.7 Å². The third-order valence-corrected chi connectivity index (χ3v) is 11.2. The summed E-state index contributed by atoms with van der Waals surface area (Å²) in [6.07, 6.45) is 69.4. The number of nitrogens with zero attached hydrogens (tertiary/aromatic N) is 1. The maximum Gasteiger partial charge on any atom is 0.472 e. The zero-order chi connectivity index (χ0) is 49.9. The summed E-state index contributed by atoms with van der Waals surface area (Å²) in [4.78, 5) is 35.5. The van der Waals surface area contributed by atoms with Crippen LogP contribution < -0.4 is 0 Å². The fraction of sp³-hybridized carbons (Fsp3) is 0.586. The van der Waals surface area contributed by atoms with Crippen molar-refractivity contribution in [3.05, 3.63) is 134 Å². The standard InChI is InChI=1S/C58H94NO8P/c1-6-8-10-12-14-16-18-20-22-23-24-25-26-27-28-29-30-31-32-33-34-35-37-39-41-43-45-47-49-51-58(61)67-56(55-66-68(62,63)65-53-52-59(3,4)5)54-64-57(60)50-48-46-44-42-40-38-36-21-19-17-15-13-11-9-7-2/h8-11,14-17,20-22,24-25,27-28,30-31,33-34,36,40,42,56H,6-7,12-13,18-19,23,26,29,32,35,37-39,41,43-55H2,1-5H3/p+1/b10-8-,11-9-,16-14-,17-15-,22-20-,25-24-,28-27-,31-30-,34-33-,36-21-,42-40-. The van der Waals surface area contributed by atoms with Crippen molar-refractivity contribution >= 4 is 19.8 Å². The number of carbonyl (C=O) groups excluding carboxylic acids is 2. The number of unbranched alkanes of at least 4 members (excludes halogenated alkanes) is 9. The maximum absolute atomic E-state index is 12.8. The molecule has 0 rings (SSSR count). The molecule has 0 aromatic rings. The highest BCUT2D eigenvalue weighted by Crippen LogP contribution is 2.43. The van der Waals surface area contributed by atoms with Gasteiger partial charge in [-0.2, -0.15) is 0 Å². The highest BCUT2D eigenvalue weighted by molar-refractivity contribution is 7.47. The third-order valence-electron chi connectivity index (χ3n) is 10.2. The second-order valence-electron chi connectivity index (χ2n) is 17.8. The molecule has 2 atom stereocenters. The van der Waals surface area contributed by atoms with Crippen LogP contribution in [0.15, 0.2) is 134 Å². The summed E-state index contributed by atoms with van der Waals surface area (Å²) in [7, 11) is 1.42. The maximum atomic E-state index is 12.8. The molecule has 0 amide bonds. The zero-order valence-electron chi connectivity index (χ0n) is 43.3. The largest absolute Gasteiger partial charge is 0.472 e. The first-order valence-electron chi connectivity index (χ1n) is 25.9. The average molecular weight is 965 g/mol. The molecule has 0 aromatic heterocycles. The third kappa shape index (κ3) is 51.5. The van der Waals surface area contributed by atoms with Gasteiger partial charge in [-0.3, -0.25) is 18.6 Å². The van der Waals surface area contributed by atoms with Crippen molar-refractivity contribution in [1.29, 1.82) is 0 Å². The zero-order valence-corrected chi connectivity index (χ0v) is 44.2. The van der Waals surface area contributed by atoms with Gasteiger partial charge in [-0.15, -0.1) is 0 Å². The molecule has 0 saturated carbocycles. The Morgan fingerprint density at radius 1 is 0.456 bits per heavy atom. The SMILES string of the molecule is CC/C=C\C/C=C\C/C=C\C/C=C\C/C=C\C/C=C\C/C=C\CCCCCCCCCC(=O)OC(COC(=O)CCCC/C=C\C/C=C\C/C=C\C/C=C\CC)COP(=O)(O)OCC[N+](C)(C)C. The first kappa shape index (κ1) is 64.2. The first-order valence-corrected chi connectivity index (χ1v) is 27.4. The van der Waals surface area contributed by atoms with Gasteiger partial charge in [0.15, 0.2) is 6.10 Å². The van der Waals surface area contributed by atoms with Gasteiger partial charge in [-0.05, 0) is 109 Å².